The van der Waals surface area contributed by atoms with E-state index in [1.54, 1.807) is 32.9 Å². The molecule has 18 atom stereocenters. The number of cyclic esters (lactones) is 1. The van der Waals surface area contributed by atoms with Gasteiger partial charge in [-0.3, -0.25) is 29.0 Å². The molecule has 18 nitrogen and oxygen atoms in total. The van der Waals surface area contributed by atoms with Crippen LogP contribution in [0.5, 0.6) is 5.75 Å². The number of carbonyl (C=O) groups excluding carboxylic acids is 6. The number of aliphatic hydroxyl groups is 4. The number of aliphatic hydroxyl groups excluding tert-OH is 4. The number of ether oxygens (including phenoxy) is 2. The SMILES string of the molecule is CC[C@H]1C[C@H](C)[C@@]2(NC1=O)O[C@@H](C[C@H](O)[C@@H](C)CCCCCC(C)[C@@H]1CCCCC[C@H](O)[C@H](C)[C@@H](O)[C@@H](CCC(C)=O)C(=O)N[C@@H](C(C)C)C(=O)N[C@@H](Cc3cccc(O)c3)C(=O)N3CCC[C@H](N3)C(=O)O1)[C@H](C)[C@H](O)[C@@H]2C. The summed E-state index contributed by atoms with van der Waals surface area (Å²) in [5, 5.41) is 66.5. The lowest BCUT2D eigenvalue weighted by Crippen LogP contribution is -2.71. The summed E-state index contributed by atoms with van der Waals surface area (Å²) in [6.07, 6.45) is 5.05. The van der Waals surface area contributed by atoms with E-state index in [0.29, 0.717) is 63.4 Å². The van der Waals surface area contributed by atoms with Crippen molar-refractivity contribution in [3.63, 3.8) is 0 Å². The number of amides is 4. The average Bonchev–Trinajstić information content (AvgIpc) is 3.51. The molecule has 1 aromatic rings. The van der Waals surface area contributed by atoms with Crippen molar-refractivity contribution in [3.05, 3.63) is 29.8 Å². The largest absolute Gasteiger partial charge is 0.508 e. The number of carbonyl (C=O) groups is 6. The van der Waals surface area contributed by atoms with Gasteiger partial charge in [0.25, 0.3) is 5.91 Å². The number of aromatic hydroxyl groups is 1. The predicted molar refractivity (Wildman–Crippen MR) is 296 cm³/mol. The molecule has 0 aromatic heterocycles. The number of hydrogen-bond acceptors (Lipinski definition) is 14. The second-order valence-corrected chi connectivity index (χ2v) is 24.6. The van der Waals surface area contributed by atoms with Gasteiger partial charge in [-0.05, 0) is 107 Å². The van der Waals surface area contributed by atoms with Crippen LogP contribution in [0.2, 0.25) is 0 Å². The fourth-order valence-electron chi connectivity index (χ4n) is 12.5. The van der Waals surface area contributed by atoms with Crippen molar-refractivity contribution in [3.8, 4) is 5.75 Å². The van der Waals surface area contributed by atoms with Crippen LogP contribution in [0.4, 0.5) is 0 Å². The van der Waals surface area contributed by atoms with E-state index in [9.17, 15) is 54.3 Å². The molecule has 442 valence electrons. The normalized spacial score (nSPS) is 34.6. The van der Waals surface area contributed by atoms with Gasteiger partial charge in [-0.1, -0.05) is 107 Å². The van der Waals surface area contributed by atoms with E-state index in [1.807, 2.05) is 27.7 Å². The Labute approximate surface area is 464 Å². The van der Waals surface area contributed by atoms with Crippen LogP contribution in [0.1, 0.15) is 184 Å². The van der Waals surface area contributed by atoms with Crippen molar-refractivity contribution < 1.29 is 63.8 Å². The molecular weight excluding hydrogens is 999 g/mol. The monoisotopic (exact) mass is 1100 g/mol. The smallest absolute Gasteiger partial charge is 0.325 e. The fraction of sp³-hybridized carbons (Fsp3) is 0.800. The number of fused-ring (bicyclic) bond motifs is 2. The highest BCUT2D eigenvalue weighted by atomic mass is 16.5. The van der Waals surface area contributed by atoms with Crippen LogP contribution in [0.25, 0.3) is 0 Å². The van der Waals surface area contributed by atoms with Crippen molar-refractivity contribution in [1.29, 1.82) is 0 Å². The summed E-state index contributed by atoms with van der Waals surface area (Å²) in [6, 6.07) is 3.12. The Morgan fingerprint density at radius 2 is 1.55 bits per heavy atom. The van der Waals surface area contributed by atoms with E-state index in [-0.39, 0.29) is 78.8 Å². The second kappa shape index (κ2) is 30.0. The topological polar surface area (TPSA) is 273 Å². The molecular formula is C60H99N5O13. The van der Waals surface area contributed by atoms with Gasteiger partial charge in [-0.2, -0.15) is 0 Å². The minimum Gasteiger partial charge on any atom is -0.508 e. The first-order chi connectivity index (χ1) is 36.9. The zero-order valence-corrected chi connectivity index (χ0v) is 48.6. The number of nitrogens with one attached hydrogen (secondary N) is 4. The molecule has 0 saturated carbocycles. The van der Waals surface area contributed by atoms with E-state index in [1.165, 1.54) is 24.1 Å². The van der Waals surface area contributed by atoms with Crippen LogP contribution in [-0.2, 0) is 44.7 Å². The lowest BCUT2D eigenvalue weighted by Gasteiger charge is -2.56. The Morgan fingerprint density at radius 1 is 0.846 bits per heavy atom. The molecule has 0 aliphatic carbocycles. The standard InChI is InChI=1S/C60H99N5O13/c1-11-43-30-37(6)60(63-55(43)72)41(10)53(70)40(9)51(78-60)33-49(69)35(4)20-14-12-15-21-36(5)50-26-17-13-16-25-48(68)39(8)54(71)45(28-27-38(7)66)56(73)62-52(34(2)3)57(74)61-47(32-42-22-18-23-44(67)31-42)58(75)65-29-19-24-46(64-65)59(76)77-50/h18,22-23,31,34-37,39-41,43,45-54,64,67-71H,11-17,19-21,24-30,32-33H2,1-10H3,(H,61,74)(H,62,73)(H,63,72)/t35-,36?,37-,39-,40-,41-,43-,45+,46-,47-,48-,49-,50-,51-,52-,53-,54+,60+/m0/s1. The number of hydrogen-bond donors (Lipinski definition) is 9. The molecule has 4 amide bonds. The van der Waals surface area contributed by atoms with E-state index in [4.69, 9.17) is 9.47 Å². The Morgan fingerprint density at radius 3 is 2.23 bits per heavy atom. The summed E-state index contributed by atoms with van der Waals surface area (Å²) in [5.41, 5.74) is 2.67. The summed E-state index contributed by atoms with van der Waals surface area (Å²) >= 11 is 0. The van der Waals surface area contributed by atoms with Crippen LogP contribution in [-0.4, -0.2) is 133 Å². The summed E-state index contributed by atoms with van der Waals surface area (Å²) < 4.78 is 13.1. The van der Waals surface area contributed by atoms with Gasteiger partial charge in [-0.25, -0.2) is 5.43 Å². The van der Waals surface area contributed by atoms with E-state index in [2.05, 4.69) is 35.2 Å². The molecule has 9 N–H and O–H groups in total. The number of unbranched alkanes of at least 4 members (excludes halogenated alkanes) is 2. The third kappa shape index (κ3) is 17.2. The second-order valence-electron chi connectivity index (χ2n) is 24.6. The highest BCUT2D eigenvalue weighted by Crippen LogP contribution is 2.46. The number of hydrazine groups is 1. The molecule has 0 radical (unpaired) electrons. The molecule has 1 aromatic carbocycles. The minimum absolute atomic E-state index is 0.000986. The van der Waals surface area contributed by atoms with Crippen molar-refractivity contribution in [2.45, 2.75) is 245 Å². The summed E-state index contributed by atoms with van der Waals surface area (Å²) in [4.78, 5) is 82.4. The van der Waals surface area contributed by atoms with Crippen molar-refractivity contribution >= 4 is 35.4 Å². The van der Waals surface area contributed by atoms with Gasteiger partial charge < -0.3 is 55.8 Å². The summed E-state index contributed by atoms with van der Waals surface area (Å²) in [7, 11) is 0. The number of piperidine rings is 1. The van der Waals surface area contributed by atoms with Gasteiger partial charge in [0.2, 0.25) is 17.7 Å². The molecule has 1 unspecified atom stereocenters. The van der Waals surface area contributed by atoms with Crippen molar-refractivity contribution in [2.75, 3.05) is 6.54 Å². The summed E-state index contributed by atoms with van der Waals surface area (Å²) in [5.74, 6) is -5.65. The molecule has 2 bridgehead atoms. The average molecular weight is 1100 g/mol. The first-order valence-electron chi connectivity index (χ1n) is 29.8. The third-order valence-corrected chi connectivity index (χ3v) is 18.2. The van der Waals surface area contributed by atoms with E-state index in [0.717, 1.165) is 38.5 Å². The van der Waals surface area contributed by atoms with Crippen LogP contribution in [0.15, 0.2) is 24.3 Å². The fourth-order valence-corrected chi connectivity index (χ4v) is 12.5. The van der Waals surface area contributed by atoms with Gasteiger partial charge in [0.15, 0.2) is 0 Å². The Hall–Kier alpha value is -4.20. The highest BCUT2D eigenvalue weighted by Gasteiger charge is 2.57. The number of benzene rings is 1. The number of ketones is 1. The highest BCUT2D eigenvalue weighted by molar-refractivity contribution is 5.93. The quantitative estimate of drug-likeness (QED) is 0.0625. The third-order valence-electron chi connectivity index (χ3n) is 18.2. The van der Waals surface area contributed by atoms with Gasteiger partial charge in [0.1, 0.15) is 41.5 Å². The van der Waals surface area contributed by atoms with Gasteiger partial charge >= 0.3 is 5.97 Å². The lowest BCUT2D eigenvalue weighted by molar-refractivity contribution is -0.267. The Kier molecular flexibility index (Phi) is 24.9. The maximum absolute atomic E-state index is 14.6. The molecule has 4 aliphatic rings. The van der Waals surface area contributed by atoms with Gasteiger partial charge in [-0.15, -0.1) is 0 Å². The van der Waals surface area contributed by atoms with Crippen molar-refractivity contribution in [2.24, 2.45) is 53.3 Å². The zero-order chi connectivity index (χ0) is 57.6. The first-order valence-corrected chi connectivity index (χ1v) is 29.8. The molecule has 4 saturated heterocycles. The number of esters is 1. The molecule has 18 heteroatoms. The van der Waals surface area contributed by atoms with Gasteiger partial charge in [0.05, 0.1) is 36.4 Å². The maximum Gasteiger partial charge on any atom is 0.325 e. The van der Waals surface area contributed by atoms with Crippen LogP contribution >= 0.6 is 0 Å². The number of nitrogens with zero attached hydrogens (tertiary/aromatic N) is 1. The molecule has 4 heterocycles. The maximum atomic E-state index is 14.6. The van der Waals surface area contributed by atoms with E-state index < -0.39 is 102 Å². The minimum atomic E-state index is -1.35. The van der Waals surface area contributed by atoms with Crippen molar-refractivity contribution in [1.82, 2.24) is 26.4 Å². The predicted octanol–water partition coefficient (Wildman–Crippen LogP) is 6.16. The van der Waals surface area contributed by atoms with Gasteiger partial charge in [0, 0.05) is 55.4 Å². The zero-order valence-electron chi connectivity index (χ0n) is 48.6. The van der Waals surface area contributed by atoms with Crippen LogP contribution in [0, 0.1) is 53.3 Å². The Bertz CT molecular complexity index is 2130. The Balaban J connectivity index is 1.27. The molecule has 78 heavy (non-hydrogen) atoms. The molecule has 4 aliphatic heterocycles. The molecule has 5 rings (SSSR count). The first kappa shape index (κ1) is 64.6. The number of rotatable bonds is 17. The number of phenolic OH excluding ortho intramolecular Hbond substituents is 1. The van der Waals surface area contributed by atoms with Crippen LogP contribution in [0.3, 0.4) is 0 Å². The van der Waals surface area contributed by atoms with E-state index >= 15 is 0 Å². The molecule has 1 spiro atoms. The van der Waals surface area contributed by atoms with Crippen LogP contribution < -0.4 is 21.4 Å². The summed E-state index contributed by atoms with van der Waals surface area (Å²) in [6.45, 7) is 18.9. The molecule has 4 fully saturated rings. The number of phenols is 1. The lowest BCUT2D eigenvalue weighted by atomic mass is 9.69. The number of Topliss-reactive ketones (excluding diaryl/α,β-unsaturated/α-hetero) is 1.